The van der Waals surface area contributed by atoms with E-state index in [1.54, 1.807) is 27.7 Å². The molecule has 1 heterocycles. The molecule has 1 aromatic rings. The van der Waals surface area contributed by atoms with Crippen molar-refractivity contribution in [2.75, 3.05) is 4.90 Å². The van der Waals surface area contributed by atoms with Gasteiger partial charge in [0.2, 0.25) is 0 Å². The topological polar surface area (TPSA) is 37.4 Å². The fourth-order valence-electron chi connectivity index (χ4n) is 2.41. The zero-order valence-corrected chi connectivity index (χ0v) is 14.8. The SMILES string of the molecule is CC(C)=C1C(=O)N(c2c(Cl)cc(Cl)cc2Cl)C(=O)C1=C(C)C. The maximum Gasteiger partial charge on any atom is 0.266 e. The number of nitrogens with zero attached hydrogens (tertiary/aromatic N) is 1. The maximum atomic E-state index is 12.7. The molecule has 0 saturated carbocycles. The quantitative estimate of drug-likeness (QED) is 0.511. The standard InChI is InChI=1S/C16H14Cl3NO2/c1-7(2)12-13(8(3)4)16(22)20(15(12)21)14-10(18)5-9(17)6-11(14)19/h5-6H,1-4H3. The summed E-state index contributed by atoms with van der Waals surface area (Å²) in [5.41, 5.74) is 2.48. The van der Waals surface area contributed by atoms with Crippen LogP contribution in [-0.4, -0.2) is 11.8 Å². The molecule has 1 aliphatic heterocycles. The molecule has 0 bridgehead atoms. The number of halogens is 3. The number of carbonyl (C=O) groups is 2. The largest absolute Gasteiger partial charge is 0.268 e. The Morgan fingerprint density at radius 1 is 0.818 bits per heavy atom. The van der Waals surface area contributed by atoms with Gasteiger partial charge in [0.15, 0.2) is 0 Å². The van der Waals surface area contributed by atoms with Crippen molar-refractivity contribution in [3.63, 3.8) is 0 Å². The normalized spacial score (nSPS) is 15.0. The van der Waals surface area contributed by atoms with Gasteiger partial charge >= 0.3 is 0 Å². The van der Waals surface area contributed by atoms with E-state index in [0.29, 0.717) is 16.2 Å². The molecule has 6 heteroatoms. The molecule has 1 fully saturated rings. The van der Waals surface area contributed by atoms with Crippen LogP contribution in [0.15, 0.2) is 34.4 Å². The number of amides is 2. The van der Waals surface area contributed by atoms with Crippen LogP contribution in [0.25, 0.3) is 0 Å². The lowest BCUT2D eigenvalue weighted by atomic mass is 10.0. The molecule has 0 spiro atoms. The van der Waals surface area contributed by atoms with Gasteiger partial charge in [-0.2, -0.15) is 0 Å². The van der Waals surface area contributed by atoms with Crippen LogP contribution < -0.4 is 4.90 Å². The molecule has 0 N–H and O–H groups in total. The summed E-state index contributed by atoms with van der Waals surface area (Å²) in [7, 11) is 0. The fraction of sp³-hybridized carbons (Fsp3) is 0.250. The lowest BCUT2D eigenvalue weighted by molar-refractivity contribution is -0.119. The number of anilines is 1. The number of carbonyl (C=O) groups excluding carboxylic acids is 2. The summed E-state index contributed by atoms with van der Waals surface area (Å²) in [5.74, 6) is -0.848. The minimum Gasteiger partial charge on any atom is -0.268 e. The average molecular weight is 359 g/mol. The molecule has 116 valence electrons. The van der Waals surface area contributed by atoms with E-state index < -0.39 is 11.8 Å². The van der Waals surface area contributed by atoms with Gasteiger partial charge in [-0.05, 0) is 39.8 Å². The van der Waals surface area contributed by atoms with Crippen LogP contribution in [0.5, 0.6) is 0 Å². The van der Waals surface area contributed by atoms with Crippen LogP contribution in [0, 0.1) is 0 Å². The van der Waals surface area contributed by atoms with Crippen molar-refractivity contribution in [1.29, 1.82) is 0 Å². The first-order chi connectivity index (χ1) is 10.2. The van der Waals surface area contributed by atoms with Crippen LogP contribution in [-0.2, 0) is 9.59 Å². The molecule has 1 aromatic carbocycles. The molecule has 0 radical (unpaired) electrons. The van der Waals surface area contributed by atoms with E-state index in [4.69, 9.17) is 34.8 Å². The van der Waals surface area contributed by atoms with Crippen LogP contribution in [0.2, 0.25) is 15.1 Å². The molecule has 1 saturated heterocycles. The number of hydrogen-bond acceptors (Lipinski definition) is 2. The van der Waals surface area contributed by atoms with Gasteiger partial charge in [0.1, 0.15) is 0 Å². The second-order valence-corrected chi connectivity index (χ2v) is 6.66. The molecule has 3 nitrogen and oxygen atoms in total. The highest BCUT2D eigenvalue weighted by atomic mass is 35.5. The third kappa shape index (κ3) is 2.69. The first-order valence-corrected chi connectivity index (χ1v) is 7.68. The Bertz CT molecular complexity index is 696. The number of rotatable bonds is 1. The molecule has 1 aliphatic rings. The van der Waals surface area contributed by atoms with E-state index in [9.17, 15) is 9.59 Å². The molecular formula is C16H14Cl3NO2. The summed E-state index contributed by atoms with van der Waals surface area (Å²) in [6, 6.07) is 2.90. The van der Waals surface area contributed by atoms with Crippen molar-refractivity contribution in [1.82, 2.24) is 0 Å². The summed E-state index contributed by atoms with van der Waals surface area (Å²) in [4.78, 5) is 26.5. The van der Waals surface area contributed by atoms with E-state index in [0.717, 1.165) is 16.0 Å². The van der Waals surface area contributed by atoms with Crippen molar-refractivity contribution in [2.45, 2.75) is 27.7 Å². The molecular weight excluding hydrogens is 345 g/mol. The van der Waals surface area contributed by atoms with Crippen LogP contribution in [0.1, 0.15) is 27.7 Å². The Hall–Kier alpha value is -1.29. The van der Waals surface area contributed by atoms with Gasteiger partial charge in [0, 0.05) is 5.02 Å². The first kappa shape index (κ1) is 17.1. The van der Waals surface area contributed by atoms with Gasteiger partial charge in [-0.25, -0.2) is 4.90 Å². The molecule has 2 amide bonds. The average Bonchev–Trinajstić information content (AvgIpc) is 2.62. The van der Waals surface area contributed by atoms with Gasteiger partial charge in [0.25, 0.3) is 11.8 Å². The molecule has 2 rings (SSSR count). The van der Waals surface area contributed by atoms with Crippen LogP contribution in [0.3, 0.4) is 0 Å². The van der Waals surface area contributed by atoms with Crippen molar-refractivity contribution >= 4 is 52.3 Å². The van der Waals surface area contributed by atoms with Gasteiger partial charge < -0.3 is 0 Å². The predicted molar refractivity (Wildman–Crippen MR) is 90.7 cm³/mol. The highest BCUT2D eigenvalue weighted by Crippen LogP contribution is 2.42. The summed E-state index contributed by atoms with van der Waals surface area (Å²) in [6.07, 6.45) is 0. The third-order valence-corrected chi connectivity index (χ3v) is 4.08. The molecule has 0 aliphatic carbocycles. The molecule has 0 atom stereocenters. The fourth-order valence-corrected chi connectivity index (χ4v) is 3.39. The Kier molecular flexibility index (Phi) is 4.71. The van der Waals surface area contributed by atoms with Gasteiger partial charge in [0.05, 0.1) is 26.9 Å². The predicted octanol–water partition coefficient (Wildman–Crippen LogP) is 5.19. The molecule has 0 aromatic heterocycles. The Morgan fingerprint density at radius 2 is 1.18 bits per heavy atom. The van der Waals surface area contributed by atoms with E-state index >= 15 is 0 Å². The Balaban J connectivity index is 2.75. The highest BCUT2D eigenvalue weighted by molar-refractivity contribution is 6.46. The van der Waals surface area contributed by atoms with Crippen molar-refractivity contribution in [2.24, 2.45) is 0 Å². The smallest absolute Gasteiger partial charge is 0.266 e. The zero-order valence-electron chi connectivity index (χ0n) is 12.6. The number of hydrogen-bond donors (Lipinski definition) is 0. The highest BCUT2D eigenvalue weighted by Gasteiger charge is 2.42. The summed E-state index contributed by atoms with van der Waals surface area (Å²) in [5, 5.41) is 0.646. The first-order valence-electron chi connectivity index (χ1n) is 6.55. The number of imide groups is 1. The van der Waals surface area contributed by atoms with Gasteiger partial charge in [-0.1, -0.05) is 45.9 Å². The van der Waals surface area contributed by atoms with E-state index in [2.05, 4.69) is 0 Å². The zero-order chi connectivity index (χ0) is 16.8. The van der Waals surface area contributed by atoms with Crippen molar-refractivity contribution < 1.29 is 9.59 Å². The van der Waals surface area contributed by atoms with Gasteiger partial charge in [-0.3, -0.25) is 9.59 Å². The van der Waals surface area contributed by atoms with Crippen LogP contribution in [0.4, 0.5) is 5.69 Å². The van der Waals surface area contributed by atoms with E-state index in [1.165, 1.54) is 12.1 Å². The van der Waals surface area contributed by atoms with E-state index in [1.807, 2.05) is 0 Å². The molecule has 0 unspecified atom stereocenters. The summed E-state index contributed by atoms with van der Waals surface area (Å²) < 4.78 is 0. The second kappa shape index (κ2) is 6.07. The number of benzene rings is 1. The van der Waals surface area contributed by atoms with Crippen molar-refractivity contribution in [3.05, 3.63) is 49.5 Å². The minimum absolute atomic E-state index is 0.155. The lowest BCUT2D eigenvalue weighted by Crippen LogP contribution is -2.30. The Morgan fingerprint density at radius 3 is 1.50 bits per heavy atom. The maximum absolute atomic E-state index is 12.7. The second-order valence-electron chi connectivity index (χ2n) is 5.41. The summed E-state index contributed by atoms with van der Waals surface area (Å²) in [6.45, 7) is 7.16. The minimum atomic E-state index is -0.424. The number of allylic oxidation sites excluding steroid dienone is 2. The van der Waals surface area contributed by atoms with Crippen molar-refractivity contribution in [3.8, 4) is 0 Å². The monoisotopic (exact) mass is 357 g/mol. The molecule has 22 heavy (non-hydrogen) atoms. The lowest BCUT2D eigenvalue weighted by Gasteiger charge is -2.17. The van der Waals surface area contributed by atoms with Gasteiger partial charge in [-0.15, -0.1) is 0 Å². The van der Waals surface area contributed by atoms with Crippen LogP contribution >= 0.6 is 34.8 Å². The van der Waals surface area contributed by atoms with E-state index in [-0.39, 0.29) is 15.7 Å². The Labute approximate surface area is 144 Å². The summed E-state index contributed by atoms with van der Waals surface area (Å²) >= 11 is 18.2. The third-order valence-electron chi connectivity index (χ3n) is 3.29.